The average molecular weight is 249 g/mol. The minimum atomic E-state index is -0.176. The number of nitrogens with one attached hydrogen (secondary N) is 1. The van der Waals surface area contributed by atoms with Crippen molar-refractivity contribution in [2.45, 2.75) is 39.5 Å². The fourth-order valence-electron chi connectivity index (χ4n) is 1.79. The lowest BCUT2D eigenvalue weighted by atomic mass is 10.00. The summed E-state index contributed by atoms with van der Waals surface area (Å²) in [6.07, 6.45) is 2.15. The van der Waals surface area contributed by atoms with Crippen molar-refractivity contribution in [1.29, 1.82) is 0 Å². The van der Waals surface area contributed by atoms with Gasteiger partial charge in [0.25, 0.3) is 0 Å². The zero-order valence-corrected chi connectivity index (χ0v) is 11.4. The number of carbonyl (C=O) groups excluding carboxylic acids is 1. The number of rotatable bonds is 6. The predicted octanol–water partition coefficient (Wildman–Crippen LogP) is 3.05. The van der Waals surface area contributed by atoms with Crippen LogP contribution in [-0.4, -0.2) is 17.6 Å². The minimum Gasteiger partial charge on any atom is -0.508 e. The summed E-state index contributed by atoms with van der Waals surface area (Å²) in [5, 5.41) is 12.2. The largest absolute Gasteiger partial charge is 0.508 e. The van der Waals surface area contributed by atoms with Crippen LogP contribution < -0.4 is 5.32 Å². The zero-order valence-electron chi connectivity index (χ0n) is 11.4. The highest BCUT2D eigenvalue weighted by Crippen LogP contribution is 2.18. The normalized spacial score (nSPS) is 12.4. The number of phenols is 1. The molecule has 1 aromatic rings. The van der Waals surface area contributed by atoms with E-state index in [9.17, 15) is 9.90 Å². The van der Waals surface area contributed by atoms with Gasteiger partial charge in [0.15, 0.2) is 0 Å². The second kappa shape index (κ2) is 7.04. The van der Waals surface area contributed by atoms with Gasteiger partial charge in [-0.05, 0) is 43.4 Å². The van der Waals surface area contributed by atoms with E-state index >= 15 is 0 Å². The van der Waals surface area contributed by atoms with Crippen molar-refractivity contribution >= 4 is 5.91 Å². The van der Waals surface area contributed by atoms with Gasteiger partial charge < -0.3 is 10.4 Å². The quantitative estimate of drug-likeness (QED) is 0.761. The SMILES string of the molecule is CC(C)CCCNC(=O)C(C)c1ccc(O)cc1. The molecule has 2 N–H and O–H groups in total. The summed E-state index contributed by atoms with van der Waals surface area (Å²) in [4.78, 5) is 11.9. The summed E-state index contributed by atoms with van der Waals surface area (Å²) in [5.74, 6) is 0.772. The van der Waals surface area contributed by atoms with Gasteiger partial charge in [-0.25, -0.2) is 0 Å². The van der Waals surface area contributed by atoms with Gasteiger partial charge in [-0.1, -0.05) is 26.0 Å². The van der Waals surface area contributed by atoms with Crippen LogP contribution in [0.3, 0.4) is 0 Å². The van der Waals surface area contributed by atoms with E-state index in [2.05, 4.69) is 19.2 Å². The number of carbonyl (C=O) groups is 1. The van der Waals surface area contributed by atoms with Gasteiger partial charge in [-0.2, -0.15) is 0 Å². The molecule has 3 nitrogen and oxygen atoms in total. The first-order valence-electron chi connectivity index (χ1n) is 6.57. The minimum absolute atomic E-state index is 0.0458. The molecule has 1 rings (SSSR count). The van der Waals surface area contributed by atoms with E-state index in [1.165, 1.54) is 0 Å². The van der Waals surface area contributed by atoms with E-state index in [1.807, 2.05) is 6.92 Å². The number of amides is 1. The molecule has 0 heterocycles. The van der Waals surface area contributed by atoms with Gasteiger partial charge in [0, 0.05) is 6.54 Å². The molecule has 0 aliphatic heterocycles. The van der Waals surface area contributed by atoms with E-state index in [0.29, 0.717) is 5.92 Å². The Labute approximate surface area is 109 Å². The molecule has 1 amide bonds. The molecule has 0 aliphatic carbocycles. The van der Waals surface area contributed by atoms with Crippen molar-refractivity contribution < 1.29 is 9.90 Å². The van der Waals surface area contributed by atoms with E-state index in [-0.39, 0.29) is 17.6 Å². The molecule has 1 aromatic carbocycles. The molecule has 100 valence electrons. The van der Waals surface area contributed by atoms with Crippen LogP contribution >= 0.6 is 0 Å². The first-order chi connectivity index (χ1) is 8.50. The molecule has 0 saturated heterocycles. The van der Waals surface area contributed by atoms with Crippen molar-refractivity contribution in [3.8, 4) is 5.75 Å². The summed E-state index contributed by atoms with van der Waals surface area (Å²) in [7, 11) is 0. The lowest BCUT2D eigenvalue weighted by Crippen LogP contribution is -2.29. The molecule has 0 aliphatic rings. The average Bonchev–Trinajstić information content (AvgIpc) is 2.34. The maximum atomic E-state index is 11.9. The highest BCUT2D eigenvalue weighted by Gasteiger charge is 2.14. The maximum Gasteiger partial charge on any atom is 0.227 e. The monoisotopic (exact) mass is 249 g/mol. The standard InChI is InChI=1S/C15H23NO2/c1-11(2)5-4-10-16-15(18)12(3)13-6-8-14(17)9-7-13/h6-9,11-12,17H,4-5,10H2,1-3H3,(H,16,18). The third-order valence-electron chi connectivity index (χ3n) is 3.04. The van der Waals surface area contributed by atoms with Crippen LogP contribution in [0.5, 0.6) is 5.75 Å². The van der Waals surface area contributed by atoms with Crippen LogP contribution in [0.1, 0.15) is 45.1 Å². The van der Waals surface area contributed by atoms with Crippen molar-refractivity contribution in [1.82, 2.24) is 5.32 Å². The van der Waals surface area contributed by atoms with Crippen LogP contribution in [0.4, 0.5) is 0 Å². The van der Waals surface area contributed by atoms with Gasteiger partial charge in [-0.3, -0.25) is 4.79 Å². The van der Waals surface area contributed by atoms with Crippen molar-refractivity contribution in [3.05, 3.63) is 29.8 Å². The Kier molecular flexibility index (Phi) is 5.69. The topological polar surface area (TPSA) is 49.3 Å². The summed E-state index contributed by atoms with van der Waals surface area (Å²) < 4.78 is 0. The van der Waals surface area contributed by atoms with Crippen molar-refractivity contribution in [2.24, 2.45) is 5.92 Å². The Morgan fingerprint density at radius 1 is 1.22 bits per heavy atom. The van der Waals surface area contributed by atoms with Gasteiger partial charge in [0.05, 0.1) is 5.92 Å². The van der Waals surface area contributed by atoms with Crippen LogP contribution in [-0.2, 0) is 4.79 Å². The maximum absolute atomic E-state index is 11.9. The Morgan fingerprint density at radius 3 is 2.39 bits per heavy atom. The fourth-order valence-corrected chi connectivity index (χ4v) is 1.79. The lowest BCUT2D eigenvalue weighted by molar-refractivity contribution is -0.122. The molecule has 3 heteroatoms. The number of phenolic OH excluding ortho intramolecular Hbond substituents is 1. The lowest BCUT2D eigenvalue weighted by Gasteiger charge is -2.13. The number of hydrogen-bond acceptors (Lipinski definition) is 2. The fraction of sp³-hybridized carbons (Fsp3) is 0.533. The van der Waals surface area contributed by atoms with Crippen molar-refractivity contribution in [3.63, 3.8) is 0 Å². The smallest absolute Gasteiger partial charge is 0.227 e. The third-order valence-corrected chi connectivity index (χ3v) is 3.04. The first-order valence-corrected chi connectivity index (χ1v) is 6.57. The van der Waals surface area contributed by atoms with Crippen molar-refractivity contribution in [2.75, 3.05) is 6.54 Å². The molecule has 0 bridgehead atoms. The van der Waals surface area contributed by atoms with Gasteiger partial charge >= 0.3 is 0 Å². The van der Waals surface area contributed by atoms with Crippen LogP contribution in [0.25, 0.3) is 0 Å². The molecular weight excluding hydrogens is 226 g/mol. The van der Waals surface area contributed by atoms with E-state index in [0.717, 1.165) is 24.9 Å². The zero-order chi connectivity index (χ0) is 13.5. The Morgan fingerprint density at radius 2 is 1.83 bits per heavy atom. The Hall–Kier alpha value is -1.51. The Balaban J connectivity index is 2.39. The second-order valence-electron chi connectivity index (χ2n) is 5.14. The molecule has 1 unspecified atom stereocenters. The molecule has 0 saturated carbocycles. The molecule has 18 heavy (non-hydrogen) atoms. The Bertz CT molecular complexity index is 371. The number of hydrogen-bond donors (Lipinski definition) is 2. The summed E-state index contributed by atoms with van der Waals surface area (Å²) >= 11 is 0. The summed E-state index contributed by atoms with van der Waals surface area (Å²) in [5.41, 5.74) is 0.925. The van der Waals surface area contributed by atoms with E-state index in [1.54, 1.807) is 24.3 Å². The molecule has 0 radical (unpaired) electrons. The molecule has 0 aromatic heterocycles. The van der Waals surface area contributed by atoms with Gasteiger partial charge in [0.1, 0.15) is 5.75 Å². The van der Waals surface area contributed by atoms with Crippen LogP contribution in [0, 0.1) is 5.92 Å². The predicted molar refractivity (Wildman–Crippen MR) is 73.6 cm³/mol. The summed E-state index contributed by atoms with van der Waals surface area (Å²) in [6.45, 7) is 6.98. The molecule has 0 spiro atoms. The number of aromatic hydroxyl groups is 1. The summed E-state index contributed by atoms with van der Waals surface area (Å²) in [6, 6.07) is 6.79. The van der Waals surface area contributed by atoms with Gasteiger partial charge in [0.2, 0.25) is 5.91 Å². The molecule has 1 atom stereocenters. The highest BCUT2D eigenvalue weighted by atomic mass is 16.3. The third kappa shape index (κ3) is 4.78. The van der Waals surface area contributed by atoms with E-state index < -0.39 is 0 Å². The van der Waals surface area contributed by atoms with Crippen LogP contribution in [0.2, 0.25) is 0 Å². The second-order valence-corrected chi connectivity index (χ2v) is 5.14. The van der Waals surface area contributed by atoms with E-state index in [4.69, 9.17) is 0 Å². The van der Waals surface area contributed by atoms with Gasteiger partial charge in [-0.15, -0.1) is 0 Å². The number of benzene rings is 1. The van der Waals surface area contributed by atoms with Crippen LogP contribution in [0.15, 0.2) is 24.3 Å². The first kappa shape index (κ1) is 14.6. The molecular formula is C15H23NO2. The molecule has 0 fully saturated rings. The highest BCUT2D eigenvalue weighted by molar-refractivity contribution is 5.83.